The SMILES string of the molecule is Cc1ccccc1.FC1=C(F)C(F)C([B-](c2c(F)c(F)c(F)c(F)c2F)(c2c(F)c(F)c(F)c(F)c2F)c2c(F)c(F)c(F)c(F)c2F)(C(c2ccccc2)(c2ccccc2)c2ccccc2)C(F)=C1F. The monoisotopic (exact) mass is 1020 g/mol. The van der Waals surface area contributed by atoms with Gasteiger partial charge in [-0.05, 0) is 28.9 Å². The van der Waals surface area contributed by atoms with Crippen LogP contribution in [-0.2, 0) is 5.41 Å². The number of halogens is 20. The minimum atomic E-state index is -7.70. The molecule has 2 atom stereocenters. The average molecular weight is 1020 g/mol. The summed E-state index contributed by atoms with van der Waals surface area (Å²) >= 11 is 0. The maximum Gasteiger partial charge on any atom is 0.200 e. The second-order valence-electron chi connectivity index (χ2n) is 15.8. The summed E-state index contributed by atoms with van der Waals surface area (Å²) in [6.07, 6.45) is -12.8. The van der Waals surface area contributed by atoms with Gasteiger partial charge in [-0.3, -0.25) is 0 Å². The lowest BCUT2D eigenvalue weighted by Gasteiger charge is -2.67. The van der Waals surface area contributed by atoms with Gasteiger partial charge in [0.25, 0.3) is 0 Å². The van der Waals surface area contributed by atoms with Crippen LogP contribution in [0.5, 0.6) is 0 Å². The molecule has 1 aliphatic carbocycles. The van der Waals surface area contributed by atoms with Gasteiger partial charge in [0.2, 0.25) is 0 Å². The van der Waals surface area contributed by atoms with Crippen molar-refractivity contribution in [3.8, 4) is 0 Å². The van der Waals surface area contributed by atoms with Crippen LogP contribution >= 0.6 is 0 Å². The Hall–Kier alpha value is -7.32. The van der Waals surface area contributed by atoms with Crippen molar-refractivity contribution in [1.82, 2.24) is 0 Å². The summed E-state index contributed by atoms with van der Waals surface area (Å²) in [5, 5.41) is -5.80. The largest absolute Gasteiger partial charge is 0.242 e. The van der Waals surface area contributed by atoms with Gasteiger partial charge in [-0.15, -0.1) is 16.4 Å². The topological polar surface area (TPSA) is 0 Å². The van der Waals surface area contributed by atoms with Crippen LogP contribution in [0.4, 0.5) is 87.8 Å². The van der Waals surface area contributed by atoms with Crippen molar-refractivity contribution in [2.45, 2.75) is 23.8 Å². The zero-order chi connectivity index (χ0) is 52.2. The first kappa shape index (κ1) is 51.5. The van der Waals surface area contributed by atoms with E-state index in [2.05, 4.69) is 19.1 Å². The fourth-order valence-electron chi connectivity index (χ4n) is 9.83. The van der Waals surface area contributed by atoms with Gasteiger partial charge >= 0.3 is 0 Å². The molecule has 0 heterocycles. The molecule has 21 heteroatoms. The summed E-state index contributed by atoms with van der Waals surface area (Å²) in [6.45, 7) is 2.08. The molecule has 0 spiro atoms. The second kappa shape index (κ2) is 19.1. The Morgan fingerprint density at radius 3 is 0.817 bits per heavy atom. The Morgan fingerprint density at radius 2 is 0.577 bits per heavy atom. The summed E-state index contributed by atoms with van der Waals surface area (Å²) in [5.41, 5.74) is -17.0. The average Bonchev–Trinajstić information content (AvgIpc) is 3.38. The molecule has 7 aromatic rings. The first-order valence-electron chi connectivity index (χ1n) is 20.2. The zero-order valence-electron chi connectivity index (χ0n) is 35.3. The summed E-state index contributed by atoms with van der Waals surface area (Å²) in [7, 11) is 0. The molecule has 0 saturated carbocycles. The molecule has 0 bridgehead atoms. The fraction of sp³-hybridized carbons (Fsp3) is 0.0800. The first-order valence-corrected chi connectivity index (χ1v) is 20.2. The van der Waals surface area contributed by atoms with Crippen LogP contribution in [0.3, 0.4) is 0 Å². The molecule has 0 aromatic heterocycles. The van der Waals surface area contributed by atoms with Crippen molar-refractivity contribution in [2.24, 2.45) is 0 Å². The maximum atomic E-state index is 18.7. The third kappa shape index (κ3) is 7.23. The molecule has 2 unspecified atom stereocenters. The summed E-state index contributed by atoms with van der Waals surface area (Å²) in [5.74, 6) is -68.1. The van der Waals surface area contributed by atoms with Crippen molar-refractivity contribution in [2.75, 3.05) is 0 Å². The van der Waals surface area contributed by atoms with E-state index in [-0.39, 0.29) is 0 Å². The molecule has 0 saturated heterocycles. The molecule has 0 fully saturated rings. The first-order chi connectivity index (χ1) is 33.5. The number of aryl methyl sites for hydroxylation is 1. The summed E-state index contributed by atoms with van der Waals surface area (Å²) < 4.78 is 330. The van der Waals surface area contributed by atoms with E-state index in [1.807, 2.05) is 18.2 Å². The van der Waals surface area contributed by atoms with Gasteiger partial charge in [-0.2, -0.15) is 0 Å². The van der Waals surface area contributed by atoms with E-state index in [9.17, 15) is 0 Å². The lowest BCUT2D eigenvalue weighted by molar-refractivity contribution is 0.172. The molecule has 368 valence electrons. The van der Waals surface area contributed by atoms with Crippen molar-refractivity contribution < 1.29 is 87.8 Å². The van der Waals surface area contributed by atoms with Gasteiger partial charge in [-0.25, -0.2) is 87.8 Å². The van der Waals surface area contributed by atoms with E-state index in [1.54, 1.807) is 0 Å². The van der Waals surface area contributed by atoms with Crippen molar-refractivity contribution in [3.63, 3.8) is 0 Å². The normalized spacial score (nSPS) is 16.3. The van der Waals surface area contributed by atoms with E-state index in [1.165, 1.54) is 5.56 Å². The predicted octanol–water partition coefficient (Wildman–Crippen LogP) is 13.7. The van der Waals surface area contributed by atoms with Gasteiger partial charge in [0.1, 0.15) is 53.0 Å². The van der Waals surface area contributed by atoms with Crippen LogP contribution in [-0.4, -0.2) is 12.3 Å². The molecule has 0 N–H and O–H groups in total. The molecule has 8 rings (SSSR count). The van der Waals surface area contributed by atoms with Crippen LogP contribution in [0.1, 0.15) is 22.3 Å². The fourth-order valence-corrected chi connectivity index (χ4v) is 9.83. The maximum absolute atomic E-state index is 18.7. The predicted molar refractivity (Wildman–Crippen MR) is 220 cm³/mol. The smallest absolute Gasteiger partial charge is 0.200 e. The number of alkyl halides is 1. The molecule has 7 aromatic carbocycles. The Labute approximate surface area is 387 Å². The second-order valence-corrected chi connectivity index (χ2v) is 15.8. The highest BCUT2D eigenvalue weighted by atomic mass is 19.2. The van der Waals surface area contributed by atoms with Crippen LogP contribution in [0.2, 0.25) is 5.31 Å². The van der Waals surface area contributed by atoms with Gasteiger partial charge in [0.05, 0.1) is 0 Å². The molecule has 0 nitrogen and oxygen atoms in total. The minimum absolute atomic E-state index is 0.614. The Morgan fingerprint density at radius 1 is 0.338 bits per heavy atom. The van der Waals surface area contributed by atoms with Crippen molar-refractivity contribution in [1.29, 1.82) is 0 Å². The third-order valence-corrected chi connectivity index (χ3v) is 12.5. The van der Waals surface area contributed by atoms with Crippen LogP contribution in [0.15, 0.2) is 145 Å². The molecule has 71 heavy (non-hydrogen) atoms. The van der Waals surface area contributed by atoms with Crippen LogP contribution in [0, 0.1) is 94.2 Å². The minimum Gasteiger partial charge on any atom is -0.242 e. The van der Waals surface area contributed by atoms with Gasteiger partial charge in [0, 0.05) is 5.41 Å². The van der Waals surface area contributed by atoms with Crippen molar-refractivity contribution >= 4 is 22.5 Å². The number of benzene rings is 7. The third-order valence-electron chi connectivity index (χ3n) is 12.5. The molecular weight excluding hydrogens is 991 g/mol. The van der Waals surface area contributed by atoms with E-state index in [0.29, 0.717) is 36.4 Å². The molecule has 0 radical (unpaired) electrons. The van der Waals surface area contributed by atoms with Crippen LogP contribution in [0.25, 0.3) is 0 Å². The van der Waals surface area contributed by atoms with Gasteiger partial charge < -0.3 is 0 Å². The number of hydrogen-bond donors (Lipinski definition) is 0. The molecular formula is C50H24BF20-. The van der Waals surface area contributed by atoms with E-state index < -0.39 is 167 Å². The van der Waals surface area contributed by atoms with E-state index >= 15 is 87.8 Å². The molecule has 0 amide bonds. The highest BCUT2D eigenvalue weighted by molar-refractivity contribution is 7.14. The number of allylic oxidation sites excluding steroid dienone is 4. The lowest BCUT2D eigenvalue weighted by Crippen LogP contribution is -2.84. The lowest BCUT2D eigenvalue weighted by atomic mass is 9.01. The Balaban J connectivity index is 0.000000973. The summed E-state index contributed by atoms with van der Waals surface area (Å²) in [4.78, 5) is 0. The molecule has 0 aliphatic heterocycles. The number of hydrogen-bond acceptors (Lipinski definition) is 0. The number of rotatable bonds is 8. The Bertz CT molecular complexity index is 2920. The Kier molecular flexibility index (Phi) is 13.9. The van der Waals surface area contributed by atoms with E-state index in [0.717, 1.165) is 54.6 Å². The van der Waals surface area contributed by atoms with Crippen molar-refractivity contribution in [3.05, 3.63) is 254 Å². The standard InChI is InChI=1S/C43H16BF20.C7H8/c45-22-19(23(46)29(52)34(57)28(22)51)44(20-24(47)30(53)35(58)31(54)25(20)48,21-26(49)32(55)36(59)33(56)27(21)50)43(40(63)38(61)37(60)39(62)41(43)64)42(16-10-4-1-5-11-16,17-12-6-2-7-13-17)18-14-8-3-9-15-18;1-7-5-3-2-4-6-7/h1-15,40H;2-6H,1H3/q-1;. The van der Waals surface area contributed by atoms with Crippen LogP contribution < -0.4 is 16.4 Å². The highest BCUT2D eigenvalue weighted by Crippen LogP contribution is 2.71. The quantitative estimate of drug-likeness (QED) is 0.0468. The molecule has 1 aliphatic rings. The van der Waals surface area contributed by atoms with Gasteiger partial charge in [0.15, 0.2) is 69.8 Å². The summed E-state index contributed by atoms with van der Waals surface area (Å²) in [6, 6.07) is 22.1. The van der Waals surface area contributed by atoms with E-state index in [4.69, 9.17) is 0 Å². The van der Waals surface area contributed by atoms with Gasteiger partial charge in [-0.1, -0.05) is 127 Å². The highest BCUT2D eigenvalue weighted by Gasteiger charge is 2.74. The zero-order valence-corrected chi connectivity index (χ0v) is 35.3.